The number of hydrogen-bond donors (Lipinski definition) is 0. The molecule has 0 atom stereocenters. The van der Waals surface area contributed by atoms with Gasteiger partial charge in [0.15, 0.2) is 0 Å². The summed E-state index contributed by atoms with van der Waals surface area (Å²) >= 11 is 0. The molecule has 0 N–H and O–H groups in total. The molecule has 0 aliphatic heterocycles. The minimum atomic E-state index is 1.15. The highest BCUT2D eigenvalue weighted by Gasteiger charge is 2.27. The first-order valence-corrected chi connectivity index (χ1v) is 15.5. The van der Waals surface area contributed by atoms with Crippen LogP contribution in [0.4, 0.5) is 0 Å². The van der Waals surface area contributed by atoms with E-state index in [4.69, 9.17) is 0 Å². The monoisotopic (exact) mass is 502 g/mol. The van der Waals surface area contributed by atoms with Gasteiger partial charge < -0.3 is 4.48 Å². The van der Waals surface area contributed by atoms with Crippen LogP contribution in [0.15, 0.2) is 85.0 Å². The van der Waals surface area contributed by atoms with Crippen molar-refractivity contribution in [3.05, 3.63) is 96.1 Å². The Hall–Kier alpha value is -2.12. The number of rotatable bonds is 22. The molecule has 0 spiro atoms. The van der Waals surface area contributed by atoms with E-state index in [1.807, 2.05) is 0 Å². The third kappa shape index (κ3) is 15.0. The van der Waals surface area contributed by atoms with Crippen LogP contribution in [-0.2, 0) is 13.1 Å². The molecule has 0 fully saturated rings. The zero-order valence-electron chi connectivity index (χ0n) is 24.3. The third-order valence-corrected chi connectivity index (χ3v) is 7.53. The normalized spacial score (nSPS) is 12.2. The van der Waals surface area contributed by atoms with Crippen molar-refractivity contribution < 1.29 is 4.48 Å². The Morgan fingerprint density at radius 3 is 1.24 bits per heavy atom. The van der Waals surface area contributed by atoms with Crippen LogP contribution >= 0.6 is 0 Å². The number of hydrogen-bond acceptors (Lipinski definition) is 0. The van der Waals surface area contributed by atoms with Crippen LogP contribution in [0.3, 0.4) is 0 Å². The highest BCUT2D eigenvalue weighted by molar-refractivity contribution is 5.15. The summed E-state index contributed by atoms with van der Waals surface area (Å²) in [5, 5.41) is 0. The predicted octanol–water partition coefficient (Wildman–Crippen LogP) is 10.8. The van der Waals surface area contributed by atoms with Crippen LogP contribution in [0.1, 0.15) is 115 Å². The maximum Gasteiger partial charge on any atom is 0.105 e. The maximum absolute atomic E-state index is 2.36. The summed E-state index contributed by atoms with van der Waals surface area (Å²) in [6, 6.07) is 22.5. The molecule has 204 valence electrons. The van der Waals surface area contributed by atoms with E-state index in [2.05, 4.69) is 98.8 Å². The Morgan fingerprint density at radius 2 is 0.838 bits per heavy atom. The van der Waals surface area contributed by atoms with Crippen molar-refractivity contribution in [2.75, 3.05) is 13.1 Å². The van der Waals surface area contributed by atoms with Crippen LogP contribution in [-0.4, -0.2) is 17.6 Å². The van der Waals surface area contributed by atoms with Crippen molar-refractivity contribution in [3.63, 3.8) is 0 Å². The molecular weight excluding hydrogens is 446 g/mol. The fourth-order valence-corrected chi connectivity index (χ4v) is 5.47. The van der Waals surface area contributed by atoms with Gasteiger partial charge in [0.05, 0.1) is 13.1 Å². The number of benzene rings is 2. The minimum absolute atomic E-state index is 1.15. The molecule has 1 nitrogen and oxygen atoms in total. The first-order valence-electron chi connectivity index (χ1n) is 15.5. The lowest BCUT2D eigenvalue weighted by Gasteiger charge is -2.39. The summed E-state index contributed by atoms with van der Waals surface area (Å²) in [5.41, 5.74) is 2.98. The van der Waals surface area contributed by atoms with Crippen molar-refractivity contribution in [1.82, 2.24) is 0 Å². The second-order valence-corrected chi connectivity index (χ2v) is 10.9. The van der Waals surface area contributed by atoms with E-state index in [0.717, 1.165) is 13.1 Å². The van der Waals surface area contributed by atoms with Gasteiger partial charge in [-0.1, -0.05) is 124 Å². The molecule has 37 heavy (non-hydrogen) atoms. The summed E-state index contributed by atoms with van der Waals surface area (Å²) in [6.07, 6.45) is 27.8. The molecule has 2 aromatic carbocycles. The molecular formula is C36H56N+. The molecule has 0 heterocycles. The van der Waals surface area contributed by atoms with Gasteiger partial charge in [0.1, 0.15) is 13.1 Å². The first kappa shape index (κ1) is 31.1. The van der Waals surface area contributed by atoms with E-state index in [1.165, 1.54) is 119 Å². The van der Waals surface area contributed by atoms with E-state index in [-0.39, 0.29) is 0 Å². The summed E-state index contributed by atoms with van der Waals surface area (Å²) in [7, 11) is 0. The Bertz CT molecular complexity index is 749. The number of quaternary nitrogens is 1. The van der Waals surface area contributed by atoms with Gasteiger partial charge >= 0.3 is 0 Å². The third-order valence-electron chi connectivity index (χ3n) is 7.53. The van der Waals surface area contributed by atoms with Crippen LogP contribution in [0.5, 0.6) is 0 Å². The van der Waals surface area contributed by atoms with Crippen molar-refractivity contribution in [1.29, 1.82) is 0 Å². The quantitative estimate of drug-likeness (QED) is 0.0853. The van der Waals surface area contributed by atoms with E-state index in [9.17, 15) is 0 Å². The average molecular weight is 503 g/mol. The molecule has 0 aromatic heterocycles. The fourth-order valence-electron chi connectivity index (χ4n) is 5.47. The molecule has 0 saturated carbocycles. The second-order valence-electron chi connectivity index (χ2n) is 10.9. The highest BCUT2D eigenvalue weighted by Crippen LogP contribution is 2.24. The zero-order chi connectivity index (χ0) is 26.3. The van der Waals surface area contributed by atoms with Gasteiger partial charge in [0.25, 0.3) is 0 Å². The van der Waals surface area contributed by atoms with Gasteiger partial charge in [0, 0.05) is 11.1 Å². The van der Waals surface area contributed by atoms with Gasteiger partial charge in [-0.2, -0.15) is 0 Å². The lowest BCUT2D eigenvalue weighted by Crippen LogP contribution is -2.48. The van der Waals surface area contributed by atoms with E-state index < -0.39 is 0 Å². The standard InChI is InChI=1S/C36H56N/c1-3-5-7-9-11-13-15-17-25-31-37(33-35-27-21-19-22-28-35,34-36-29-23-20-24-30-36)32-26-18-16-14-12-10-8-6-4-2/h5-8,19-24,27-30H,3-4,9-18,25-26,31-34H2,1-2H3/q+1/b7-5+,8-6+. The summed E-state index contributed by atoms with van der Waals surface area (Å²) in [6.45, 7) is 9.33. The van der Waals surface area contributed by atoms with Crippen molar-refractivity contribution in [3.8, 4) is 0 Å². The Labute approximate surface area is 230 Å². The Kier molecular flexibility index (Phi) is 17.6. The van der Waals surface area contributed by atoms with Crippen LogP contribution < -0.4 is 0 Å². The maximum atomic E-state index is 2.36. The molecule has 0 radical (unpaired) electrons. The van der Waals surface area contributed by atoms with Crippen molar-refractivity contribution in [2.45, 2.75) is 117 Å². The lowest BCUT2D eigenvalue weighted by atomic mass is 10.0. The molecule has 2 rings (SSSR count). The molecule has 0 unspecified atom stereocenters. The smallest absolute Gasteiger partial charge is 0.105 e. The van der Waals surface area contributed by atoms with Gasteiger partial charge in [0.2, 0.25) is 0 Å². The summed E-state index contributed by atoms with van der Waals surface area (Å²) in [5.74, 6) is 0. The summed E-state index contributed by atoms with van der Waals surface area (Å²) < 4.78 is 1.20. The average Bonchev–Trinajstić information content (AvgIpc) is 2.92. The Balaban J connectivity index is 1.96. The molecule has 0 bridgehead atoms. The molecule has 2 aromatic rings. The van der Waals surface area contributed by atoms with E-state index in [1.54, 1.807) is 0 Å². The molecule has 0 aliphatic carbocycles. The van der Waals surface area contributed by atoms with Crippen LogP contribution in [0.2, 0.25) is 0 Å². The molecule has 1 heteroatoms. The number of allylic oxidation sites excluding steroid dienone is 4. The van der Waals surface area contributed by atoms with Crippen LogP contribution in [0.25, 0.3) is 0 Å². The number of nitrogens with zero attached hydrogens (tertiary/aromatic N) is 1. The topological polar surface area (TPSA) is 0 Å². The highest BCUT2D eigenvalue weighted by atomic mass is 15.3. The minimum Gasteiger partial charge on any atom is -0.316 e. The predicted molar refractivity (Wildman–Crippen MR) is 165 cm³/mol. The van der Waals surface area contributed by atoms with Gasteiger partial charge in [-0.25, -0.2) is 0 Å². The molecule has 0 saturated heterocycles. The van der Waals surface area contributed by atoms with Crippen LogP contribution in [0, 0.1) is 0 Å². The zero-order valence-corrected chi connectivity index (χ0v) is 24.3. The van der Waals surface area contributed by atoms with Crippen molar-refractivity contribution in [2.24, 2.45) is 0 Å². The largest absolute Gasteiger partial charge is 0.316 e. The van der Waals surface area contributed by atoms with E-state index >= 15 is 0 Å². The van der Waals surface area contributed by atoms with Crippen molar-refractivity contribution >= 4 is 0 Å². The summed E-state index contributed by atoms with van der Waals surface area (Å²) in [4.78, 5) is 0. The Morgan fingerprint density at radius 1 is 0.459 bits per heavy atom. The number of unbranched alkanes of at least 4 members (excludes halogenated alkanes) is 10. The van der Waals surface area contributed by atoms with Gasteiger partial charge in [-0.15, -0.1) is 0 Å². The molecule has 0 aliphatic rings. The molecule has 0 amide bonds. The second kappa shape index (κ2) is 20.9. The lowest BCUT2D eigenvalue weighted by molar-refractivity contribution is -0.954. The van der Waals surface area contributed by atoms with Gasteiger partial charge in [-0.05, 0) is 64.2 Å². The SMILES string of the molecule is CC/C=C/CCCCCCC[N+](CCCCCCC/C=C/CC)(Cc1ccccc1)Cc1ccccc1. The first-order chi connectivity index (χ1) is 18.3. The van der Waals surface area contributed by atoms with Gasteiger partial charge in [-0.3, -0.25) is 0 Å². The van der Waals surface area contributed by atoms with E-state index in [0.29, 0.717) is 0 Å². The fraction of sp³-hybridized carbons (Fsp3) is 0.556.